The van der Waals surface area contributed by atoms with Gasteiger partial charge in [-0.15, -0.1) is 0 Å². The fourth-order valence-corrected chi connectivity index (χ4v) is 3.90. The summed E-state index contributed by atoms with van der Waals surface area (Å²) >= 11 is 6.31. The smallest absolute Gasteiger partial charge is 0.271 e. The number of amides is 1. The van der Waals surface area contributed by atoms with Crippen LogP contribution in [0.5, 0.6) is 5.75 Å². The SMILES string of the molecule is COCCCNc1cnccc1-c1nn2c(c1Nc1cccc(Cl)c1OC)C(=O)NCC2. The first-order valence-corrected chi connectivity index (χ1v) is 10.7. The van der Waals surface area contributed by atoms with Crippen molar-refractivity contribution >= 4 is 34.6 Å². The lowest BCUT2D eigenvalue weighted by atomic mass is 10.1. The average Bonchev–Trinajstić information content (AvgIpc) is 3.16. The van der Waals surface area contributed by atoms with Crippen molar-refractivity contribution in [2.24, 2.45) is 0 Å². The van der Waals surface area contributed by atoms with Crippen molar-refractivity contribution in [2.75, 3.05) is 44.5 Å². The number of halogens is 1. The maximum Gasteiger partial charge on any atom is 0.271 e. The number of carbonyl (C=O) groups is 1. The minimum absolute atomic E-state index is 0.192. The lowest BCUT2D eigenvalue weighted by molar-refractivity contribution is 0.0925. The lowest BCUT2D eigenvalue weighted by Gasteiger charge is -2.17. The van der Waals surface area contributed by atoms with Gasteiger partial charge < -0.3 is 25.4 Å². The van der Waals surface area contributed by atoms with Crippen LogP contribution in [0, 0.1) is 0 Å². The number of methoxy groups -OCH3 is 2. The molecule has 1 aliphatic heterocycles. The molecule has 9 nitrogen and oxygen atoms in total. The van der Waals surface area contributed by atoms with Crippen LogP contribution in [0.2, 0.25) is 5.02 Å². The van der Waals surface area contributed by atoms with E-state index in [9.17, 15) is 4.79 Å². The summed E-state index contributed by atoms with van der Waals surface area (Å²) in [6, 6.07) is 7.29. The van der Waals surface area contributed by atoms with Crippen LogP contribution in [0.25, 0.3) is 11.3 Å². The summed E-state index contributed by atoms with van der Waals surface area (Å²) in [5.74, 6) is 0.297. The summed E-state index contributed by atoms with van der Waals surface area (Å²) in [4.78, 5) is 17.0. The molecule has 2 aromatic heterocycles. The Hall–Kier alpha value is -3.30. The molecule has 1 aliphatic rings. The number of nitrogens with zero attached hydrogens (tertiary/aromatic N) is 3. The van der Waals surface area contributed by atoms with E-state index in [1.807, 2.05) is 18.2 Å². The molecule has 1 amide bonds. The fourth-order valence-electron chi connectivity index (χ4n) is 3.65. The van der Waals surface area contributed by atoms with Crippen molar-refractivity contribution in [3.8, 4) is 17.0 Å². The summed E-state index contributed by atoms with van der Waals surface area (Å²) in [5.41, 5.74) is 3.95. The van der Waals surface area contributed by atoms with Crippen LogP contribution in [0.4, 0.5) is 17.1 Å². The molecule has 0 saturated heterocycles. The van der Waals surface area contributed by atoms with Crippen LogP contribution in [-0.4, -0.2) is 54.6 Å². The van der Waals surface area contributed by atoms with Crippen molar-refractivity contribution in [2.45, 2.75) is 13.0 Å². The number of rotatable bonds is 9. The van der Waals surface area contributed by atoms with Crippen molar-refractivity contribution in [3.05, 3.63) is 47.4 Å². The third-order valence-electron chi connectivity index (χ3n) is 5.12. The van der Waals surface area contributed by atoms with Crippen LogP contribution < -0.4 is 20.7 Å². The number of benzene rings is 1. The Kier molecular flexibility index (Phi) is 6.77. The number of aromatic nitrogens is 3. The number of nitrogens with one attached hydrogen (secondary N) is 3. The molecule has 168 valence electrons. The predicted molar refractivity (Wildman–Crippen MR) is 124 cm³/mol. The van der Waals surface area contributed by atoms with Gasteiger partial charge in [0.2, 0.25) is 0 Å². The summed E-state index contributed by atoms with van der Waals surface area (Å²) in [6.07, 6.45) is 4.31. The van der Waals surface area contributed by atoms with E-state index in [1.54, 1.807) is 37.4 Å². The first-order chi connectivity index (χ1) is 15.6. The van der Waals surface area contributed by atoms with Gasteiger partial charge in [-0.2, -0.15) is 5.10 Å². The summed E-state index contributed by atoms with van der Waals surface area (Å²) in [7, 11) is 3.23. The molecule has 0 fully saturated rings. The van der Waals surface area contributed by atoms with E-state index in [0.717, 1.165) is 17.7 Å². The molecular formula is C22H25ClN6O3. The van der Waals surface area contributed by atoms with Gasteiger partial charge in [-0.25, -0.2) is 0 Å². The van der Waals surface area contributed by atoms with E-state index >= 15 is 0 Å². The van der Waals surface area contributed by atoms with Gasteiger partial charge in [0.1, 0.15) is 11.4 Å². The average molecular weight is 457 g/mol. The molecular weight excluding hydrogens is 432 g/mol. The van der Waals surface area contributed by atoms with Crippen molar-refractivity contribution in [3.63, 3.8) is 0 Å². The van der Waals surface area contributed by atoms with Crippen molar-refractivity contribution in [1.29, 1.82) is 0 Å². The fraction of sp³-hybridized carbons (Fsp3) is 0.318. The molecule has 3 aromatic rings. The second-order valence-corrected chi connectivity index (χ2v) is 7.60. The highest BCUT2D eigenvalue weighted by atomic mass is 35.5. The second kappa shape index (κ2) is 9.88. The molecule has 0 bridgehead atoms. The summed E-state index contributed by atoms with van der Waals surface area (Å²) in [6.45, 7) is 2.46. The Labute approximate surface area is 191 Å². The van der Waals surface area contributed by atoms with Gasteiger partial charge in [-0.1, -0.05) is 17.7 Å². The van der Waals surface area contributed by atoms with Gasteiger partial charge in [0.05, 0.1) is 41.9 Å². The van der Waals surface area contributed by atoms with E-state index in [2.05, 4.69) is 20.9 Å². The van der Waals surface area contributed by atoms with Crippen molar-refractivity contribution in [1.82, 2.24) is 20.1 Å². The van der Waals surface area contributed by atoms with Gasteiger partial charge in [-0.05, 0) is 24.6 Å². The maximum atomic E-state index is 12.8. The number of hydrogen-bond acceptors (Lipinski definition) is 7. The summed E-state index contributed by atoms with van der Waals surface area (Å²) < 4.78 is 12.3. The van der Waals surface area contributed by atoms with Gasteiger partial charge in [-0.3, -0.25) is 14.5 Å². The molecule has 10 heteroatoms. The number of para-hydroxylation sites is 1. The maximum absolute atomic E-state index is 12.8. The van der Waals surface area contributed by atoms with Crippen molar-refractivity contribution < 1.29 is 14.3 Å². The third kappa shape index (κ3) is 4.35. The number of pyridine rings is 1. The second-order valence-electron chi connectivity index (χ2n) is 7.19. The Balaban J connectivity index is 1.80. The Morgan fingerprint density at radius 1 is 1.25 bits per heavy atom. The number of carbonyl (C=O) groups excluding carboxylic acids is 1. The Morgan fingerprint density at radius 3 is 2.94 bits per heavy atom. The minimum Gasteiger partial charge on any atom is -0.493 e. The highest BCUT2D eigenvalue weighted by molar-refractivity contribution is 6.32. The number of hydrogen-bond donors (Lipinski definition) is 3. The highest BCUT2D eigenvalue weighted by Gasteiger charge is 2.29. The number of fused-ring (bicyclic) bond motifs is 1. The number of anilines is 3. The normalized spacial score (nSPS) is 12.8. The zero-order valence-electron chi connectivity index (χ0n) is 17.9. The molecule has 0 spiro atoms. The molecule has 1 aromatic carbocycles. The van der Waals surface area contributed by atoms with E-state index in [0.29, 0.717) is 59.8 Å². The zero-order valence-corrected chi connectivity index (χ0v) is 18.7. The van der Waals surface area contributed by atoms with Gasteiger partial charge in [0.25, 0.3) is 5.91 Å². The topological polar surface area (TPSA) is 102 Å². The molecule has 0 radical (unpaired) electrons. The quantitative estimate of drug-likeness (QED) is 0.423. The van der Waals surface area contributed by atoms with E-state index in [1.165, 1.54) is 0 Å². The molecule has 3 heterocycles. The molecule has 0 aliphatic carbocycles. The lowest BCUT2D eigenvalue weighted by Crippen LogP contribution is -2.35. The van der Waals surface area contributed by atoms with Crippen LogP contribution in [0.1, 0.15) is 16.9 Å². The van der Waals surface area contributed by atoms with Gasteiger partial charge in [0.15, 0.2) is 5.75 Å². The predicted octanol–water partition coefficient (Wildman–Crippen LogP) is 3.54. The van der Waals surface area contributed by atoms with Crippen LogP contribution in [-0.2, 0) is 11.3 Å². The molecule has 3 N–H and O–H groups in total. The van der Waals surface area contributed by atoms with E-state index in [-0.39, 0.29) is 5.91 Å². The van der Waals surface area contributed by atoms with Crippen LogP contribution in [0.3, 0.4) is 0 Å². The largest absolute Gasteiger partial charge is 0.493 e. The summed E-state index contributed by atoms with van der Waals surface area (Å²) in [5, 5.41) is 14.9. The molecule has 32 heavy (non-hydrogen) atoms. The highest BCUT2D eigenvalue weighted by Crippen LogP contribution is 2.40. The molecule has 0 atom stereocenters. The third-order valence-corrected chi connectivity index (χ3v) is 5.42. The van der Waals surface area contributed by atoms with E-state index in [4.69, 9.17) is 26.2 Å². The Bertz CT molecular complexity index is 1120. The molecule has 4 rings (SSSR count). The standard InChI is InChI=1S/C22H25ClN6O3/c1-31-12-4-8-25-17-13-24-9-7-14(17)18-19(20-22(30)26-10-11-29(20)28-18)27-16-6-3-5-15(23)21(16)32-2/h3,5-7,9,13,25,27H,4,8,10-12H2,1-2H3,(H,26,30). The van der Waals surface area contributed by atoms with Crippen LogP contribution in [0.15, 0.2) is 36.7 Å². The number of ether oxygens (including phenoxy) is 2. The zero-order chi connectivity index (χ0) is 22.5. The van der Waals surface area contributed by atoms with Gasteiger partial charge >= 0.3 is 0 Å². The Morgan fingerprint density at radius 2 is 2.12 bits per heavy atom. The molecule has 0 unspecified atom stereocenters. The van der Waals surface area contributed by atoms with E-state index < -0.39 is 0 Å². The monoisotopic (exact) mass is 456 g/mol. The van der Waals surface area contributed by atoms with Gasteiger partial charge in [0, 0.05) is 38.6 Å². The minimum atomic E-state index is -0.192. The first-order valence-electron chi connectivity index (χ1n) is 10.3. The molecule has 0 saturated carbocycles. The van der Waals surface area contributed by atoms with Crippen LogP contribution >= 0.6 is 11.6 Å². The first kappa shape index (κ1) is 21.9.